The predicted molar refractivity (Wildman–Crippen MR) is 65.6 cm³/mol. The number of nitrogens with zero attached hydrogens (tertiary/aromatic N) is 2. The molecule has 2 aromatic rings. The van der Waals surface area contributed by atoms with Gasteiger partial charge in [0.05, 0.1) is 20.8 Å². The van der Waals surface area contributed by atoms with E-state index in [4.69, 9.17) is 9.47 Å². The van der Waals surface area contributed by atoms with Crippen molar-refractivity contribution in [2.75, 3.05) is 14.2 Å². The van der Waals surface area contributed by atoms with Gasteiger partial charge < -0.3 is 9.47 Å². The van der Waals surface area contributed by atoms with Gasteiger partial charge in [0.15, 0.2) is 11.5 Å². The van der Waals surface area contributed by atoms with Gasteiger partial charge >= 0.3 is 0 Å². The molecular formula is C13H16N2O2. The lowest BCUT2D eigenvalue weighted by atomic mass is 10.2. The van der Waals surface area contributed by atoms with Crippen LogP contribution in [0.3, 0.4) is 0 Å². The first-order chi connectivity index (χ1) is 8.24. The van der Waals surface area contributed by atoms with E-state index in [1.54, 1.807) is 20.4 Å². The summed E-state index contributed by atoms with van der Waals surface area (Å²) in [6.07, 6.45) is 1.80. The predicted octanol–water partition coefficient (Wildman–Crippen LogP) is 2.26. The first kappa shape index (κ1) is 11.5. The highest BCUT2D eigenvalue weighted by Crippen LogP contribution is 2.27. The largest absolute Gasteiger partial charge is 0.493 e. The Morgan fingerprint density at radius 2 is 1.88 bits per heavy atom. The van der Waals surface area contributed by atoms with Crippen LogP contribution in [0.15, 0.2) is 30.5 Å². The zero-order valence-electron chi connectivity index (χ0n) is 10.3. The van der Waals surface area contributed by atoms with Crippen molar-refractivity contribution >= 4 is 0 Å². The third-order valence-electron chi connectivity index (χ3n) is 2.71. The van der Waals surface area contributed by atoms with Crippen molar-refractivity contribution in [2.45, 2.75) is 13.5 Å². The molecule has 0 saturated carbocycles. The molecule has 0 radical (unpaired) electrons. The van der Waals surface area contributed by atoms with Crippen molar-refractivity contribution in [3.63, 3.8) is 0 Å². The summed E-state index contributed by atoms with van der Waals surface area (Å²) in [5.74, 6) is 1.49. The third-order valence-corrected chi connectivity index (χ3v) is 2.71. The van der Waals surface area contributed by atoms with Crippen molar-refractivity contribution in [3.8, 4) is 11.5 Å². The molecule has 0 aliphatic heterocycles. The van der Waals surface area contributed by atoms with Gasteiger partial charge in [0.2, 0.25) is 0 Å². The SMILES string of the molecule is COc1ccc(Cn2nccc2C)cc1OC. The summed E-state index contributed by atoms with van der Waals surface area (Å²) >= 11 is 0. The normalized spacial score (nSPS) is 10.3. The fraction of sp³-hybridized carbons (Fsp3) is 0.308. The van der Waals surface area contributed by atoms with Crippen molar-refractivity contribution < 1.29 is 9.47 Å². The van der Waals surface area contributed by atoms with Crippen LogP contribution in [0.2, 0.25) is 0 Å². The maximum atomic E-state index is 5.27. The minimum Gasteiger partial charge on any atom is -0.493 e. The molecule has 4 nitrogen and oxygen atoms in total. The number of ether oxygens (including phenoxy) is 2. The van der Waals surface area contributed by atoms with Gasteiger partial charge in [0, 0.05) is 11.9 Å². The number of methoxy groups -OCH3 is 2. The molecule has 0 unspecified atom stereocenters. The molecular weight excluding hydrogens is 216 g/mol. The lowest BCUT2D eigenvalue weighted by molar-refractivity contribution is 0.354. The number of rotatable bonds is 4. The average molecular weight is 232 g/mol. The Kier molecular flexibility index (Phi) is 3.32. The van der Waals surface area contributed by atoms with Crippen LogP contribution in [-0.2, 0) is 6.54 Å². The number of hydrogen-bond donors (Lipinski definition) is 0. The first-order valence-electron chi connectivity index (χ1n) is 5.44. The summed E-state index contributed by atoms with van der Waals surface area (Å²) < 4.78 is 12.4. The molecule has 1 heterocycles. The lowest BCUT2D eigenvalue weighted by Gasteiger charge is -2.10. The van der Waals surface area contributed by atoms with Crippen molar-refractivity contribution in [1.29, 1.82) is 0 Å². The minimum absolute atomic E-state index is 0.735. The van der Waals surface area contributed by atoms with E-state index in [1.807, 2.05) is 35.9 Å². The molecule has 1 aromatic heterocycles. The van der Waals surface area contributed by atoms with E-state index in [9.17, 15) is 0 Å². The van der Waals surface area contributed by atoms with E-state index in [0.717, 1.165) is 29.3 Å². The smallest absolute Gasteiger partial charge is 0.161 e. The number of hydrogen-bond acceptors (Lipinski definition) is 3. The van der Waals surface area contributed by atoms with Crippen LogP contribution >= 0.6 is 0 Å². The topological polar surface area (TPSA) is 36.3 Å². The van der Waals surface area contributed by atoms with E-state index in [2.05, 4.69) is 5.10 Å². The molecule has 1 aromatic carbocycles. The van der Waals surface area contributed by atoms with E-state index in [1.165, 1.54) is 0 Å². The molecule has 0 atom stereocenters. The molecule has 2 rings (SSSR count). The molecule has 90 valence electrons. The Labute approximate surface area is 101 Å². The molecule has 0 amide bonds. The first-order valence-corrected chi connectivity index (χ1v) is 5.44. The summed E-state index contributed by atoms with van der Waals surface area (Å²) in [6.45, 7) is 2.77. The second-order valence-corrected chi connectivity index (χ2v) is 3.82. The summed E-state index contributed by atoms with van der Waals surface area (Å²) in [6, 6.07) is 7.89. The zero-order chi connectivity index (χ0) is 12.3. The maximum absolute atomic E-state index is 5.27. The molecule has 0 N–H and O–H groups in total. The van der Waals surface area contributed by atoms with Crippen LogP contribution in [0.4, 0.5) is 0 Å². The quantitative estimate of drug-likeness (QED) is 0.811. The summed E-state index contributed by atoms with van der Waals surface area (Å²) in [5, 5.41) is 4.25. The molecule has 0 aliphatic rings. The Balaban J connectivity index is 2.25. The second kappa shape index (κ2) is 4.91. The van der Waals surface area contributed by atoms with Crippen molar-refractivity contribution in [2.24, 2.45) is 0 Å². The van der Waals surface area contributed by atoms with Gasteiger partial charge in [-0.2, -0.15) is 5.10 Å². The van der Waals surface area contributed by atoms with E-state index in [-0.39, 0.29) is 0 Å². The Hall–Kier alpha value is -1.97. The number of aryl methyl sites for hydroxylation is 1. The molecule has 0 fully saturated rings. The summed E-state index contributed by atoms with van der Waals surface area (Å²) in [5.41, 5.74) is 2.27. The highest BCUT2D eigenvalue weighted by atomic mass is 16.5. The van der Waals surface area contributed by atoms with Crippen molar-refractivity contribution in [3.05, 3.63) is 41.7 Å². The number of aromatic nitrogens is 2. The average Bonchev–Trinajstić information content (AvgIpc) is 2.75. The van der Waals surface area contributed by atoms with E-state index >= 15 is 0 Å². The Bertz CT molecular complexity index is 506. The second-order valence-electron chi connectivity index (χ2n) is 3.82. The molecule has 0 spiro atoms. The fourth-order valence-electron chi connectivity index (χ4n) is 1.72. The van der Waals surface area contributed by atoms with Crippen molar-refractivity contribution in [1.82, 2.24) is 9.78 Å². The highest BCUT2D eigenvalue weighted by Gasteiger charge is 2.05. The fourth-order valence-corrected chi connectivity index (χ4v) is 1.72. The highest BCUT2D eigenvalue weighted by molar-refractivity contribution is 5.42. The minimum atomic E-state index is 0.735. The van der Waals surface area contributed by atoms with Gasteiger partial charge in [-0.15, -0.1) is 0 Å². The van der Waals surface area contributed by atoms with Crippen LogP contribution in [-0.4, -0.2) is 24.0 Å². The zero-order valence-corrected chi connectivity index (χ0v) is 10.3. The van der Waals surface area contributed by atoms with Crippen LogP contribution in [0, 0.1) is 6.92 Å². The third kappa shape index (κ3) is 2.41. The van der Waals surface area contributed by atoms with Gasteiger partial charge in [-0.3, -0.25) is 4.68 Å². The van der Waals surface area contributed by atoms with E-state index < -0.39 is 0 Å². The summed E-state index contributed by atoms with van der Waals surface area (Å²) in [4.78, 5) is 0. The van der Waals surface area contributed by atoms with E-state index in [0.29, 0.717) is 0 Å². The van der Waals surface area contributed by atoms with Gasteiger partial charge in [-0.05, 0) is 30.7 Å². The monoisotopic (exact) mass is 232 g/mol. The van der Waals surface area contributed by atoms with Crippen LogP contribution in [0.5, 0.6) is 11.5 Å². The summed E-state index contributed by atoms with van der Waals surface area (Å²) in [7, 11) is 3.27. The van der Waals surface area contributed by atoms with Gasteiger partial charge in [0.25, 0.3) is 0 Å². The van der Waals surface area contributed by atoms with Gasteiger partial charge in [-0.1, -0.05) is 6.07 Å². The maximum Gasteiger partial charge on any atom is 0.161 e. The van der Waals surface area contributed by atoms with Crippen LogP contribution < -0.4 is 9.47 Å². The molecule has 0 aliphatic carbocycles. The van der Waals surface area contributed by atoms with Crippen LogP contribution in [0.25, 0.3) is 0 Å². The Morgan fingerprint density at radius 3 is 2.47 bits per heavy atom. The standard InChI is InChI=1S/C13H16N2O2/c1-10-6-7-14-15(10)9-11-4-5-12(16-2)13(8-11)17-3/h4-8H,9H2,1-3H3. The lowest BCUT2D eigenvalue weighted by Crippen LogP contribution is -2.03. The molecule has 0 saturated heterocycles. The molecule has 0 bridgehead atoms. The van der Waals surface area contributed by atoms with Gasteiger partial charge in [0.1, 0.15) is 0 Å². The number of benzene rings is 1. The molecule has 4 heteroatoms. The van der Waals surface area contributed by atoms with Gasteiger partial charge in [-0.25, -0.2) is 0 Å². The Morgan fingerprint density at radius 1 is 1.12 bits per heavy atom. The van der Waals surface area contributed by atoms with Crippen LogP contribution in [0.1, 0.15) is 11.3 Å². The molecule has 17 heavy (non-hydrogen) atoms.